The molecule has 4 aromatic heterocycles. The van der Waals surface area contributed by atoms with Crippen molar-refractivity contribution in [2.24, 2.45) is 7.05 Å². The van der Waals surface area contributed by atoms with Gasteiger partial charge < -0.3 is 5.73 Å². The second-order valence-electron chi connectivity index (χ2n) is 7.00. The summed E-state index contributed by atoms with van der Waals surface area (Å²) in [5.41, 5.74) is 9.94. The van der Waals surface area contributed by atoms with Crippen LogP contribution in [0.1, 0.15) is 11.4 Å². The normalized spacial score (nSPS) is 11.6. The van der Waals surface area contributed by atoms with Gasteiger partial charge in [0.1, 0.15) is 21.6 Å². The SMILES string of the molecule is Cc1ccccc1-n1c(Cn2nc(I)c3c(N)ccnc32)nc2cnn(C)c2c1=O. The van der Waals surface area contributed by atoms with Gasteiger partial charge in [0.2, 0.25) is 0 Å². The van der Waals surface area contributed by atoms with Crippen molar-refractivity contribution in [3.63, 3.8) is 0 Å². The summed E-state index contributed by atoms with van der Waals surface area (Å²) in [4.78, 5) is 22.7. The third-order valence-electron chi connectivity index (χ3n) is 5.10. The first kappa shape index (κ1) is 18.7. The molecular formula is C20H17IN8O. The summed E-state index contributed by atoms with van der Waals surface area (Å²) in [6, 6.07) is 9.47. The van der Waals surface area contributed by atoms with E-state index in [4.69, 9.17) is 10.7 Å². The van der Waals surface area contributed by atoms with Gasteiger partial charge in [0.05, 0.1) is 17.3 Å². The van der Waals surface area contributed by atoms with Crippen LogP contribution in [0.15, 0.2) is 47.5 Å². The Morgan fingerprint density at radius 2 is 2.00 bits per heavy atom. The Hall–Kier alpha value is -3.28. The van der Waals surface area contributed by atoms with Crippen LogP contribution < -0.4 is 11.3 Å². The Balaban J connectivity index is 1.80. The standard InChI is InChI=1S/C20H17IN8O/c1-11-5-3-4-6-14(11)29-15(25-13-9-24-27(2)17(13)20(29)30)10-28-19-16(18(21)26-28)12(22)7-8-23-19/h3-9H,10H2,1-2H3,(H2,22,23). The van der Waals surface area contributed by atoms with Gasteiger partial charge in [-0.1, -0.05) is 18.2 Å². The Morgan fingerprint density at radius 1 is 1.20 bits per heavy atom. The van der Waals surface area contributed by atoms with Gasteiger partial charge in [0, 0.05) is 18.9 Å². The maximum atomic E-state index is 13.5. The molecule has 2 N–H and O–H groups in total. The van der Waals surface area contributed by atoms with Gasteiger partial charge in [-0.25, -0.2) is 14.6 Å². The van der Waals surface area contributed by atoms with E-state index in [0.29, 0.717) is 28.2 Å². The summed E-state index contributed by atoms with van der Waals surface area (Å²) in [7, 11) is 1.74. The number of nitrogen functional groups attached to an aromatic ring is 1. The van der Waals surface area contributed by atoms with Crippen molar-refractivity contribution < 1.29 is 0 Å². The smallest absolute Gasteiger partial charge is 0.284 e. The van der Waals surface area contributed by atoms with Crippen molar-refractivity contribution in [1.29, 1.82) is 0 Å². The minimum Gasteiger partial charge on any atom is -0.398 e. The highest BCUT2D eigenvalue weighted by Gasteiger charge is 2.20. The van der Waals surface area contributed by atoms with Crippen LogP contribution in [0.3, 0.4) is 0 Å². The van der Waals surface area contributed by atoms with E-state index in [1.807, 2.05) is 31.2 Å². The molecule has 0 aliphatic rings. The van der Waals surface area contributed by atoms with Crippen LogP contribution in [0.2, 0.25) is 0 Å². The highest BCUT2D eigenvalue weighted by atomic mass is 127. The van der Waals surface area contributed by atoms with E-state index in [9.17, 15) is 4.79 Å². The van der Waals surface area contributed by atoms with Gasteiger partial charge in [-0.2, -0.15) is 10.2 Å². The molecule has 1 aromatic carbocycles. The molecule has 150 valence electrons. The maximum absolute atomic E-state index is 13.5. The van der Waals surface area contributed by atoms with Crippen molar-refractivity contribution in [1.82, 2.24) is 34.1 Å². The Labute approximate surface area is 184 Å². The first-order valence-corrected chi connectivity index (χ1v) is 10.3. The van der Waals surface area contributed by atoms with Crippen molar-refractivity contribution in [3.05, 3.63) is 68.2 Å². The Morgan fingerprint density at radius 3 is 2.80 bits per heavy atom. The van der Waals surface area contributed by atoms with Gasteiger partial charge >= 0.3 is 0 Å². The molecule has 0 atom stereocenters. The number of nitrogens with zero attached hydrogens (tertiary/aromatic N) is 7. The number of hydrogen-bond donors (Lipinski definition) is 1. The monoisotopic (exact) mass is 512 g/mol. The van der Waals surface area contributed by atoms with Gasteiger partial charge in [-0.3, -0.25) is 14.0 Å². The minimum absolute atomic E-state index is 0.178. The second kappa shape index (κ2) is 6.90. The summed E-state index contributed by atoms with van der Waals surface area (Å²) < 4.78 is 5.66. The summed E-state index contributed by atoms with van der Waals surface area (Å²) >= 11 is 2.14. The van der Waals surface area contributed by atoms with Crippen LogP contribution in [-0.2, 0) is 13.6 Å². The largest absolute Gasteiger partial charge is 0.398 e. The summed E-state index contributed by atoms with van der Waals surface area (Å²) in [5, 5.41) is 9.62. The van der Waals surface area contributed by atoms with E-state index in [-0.39, 0.29) is 12.1 Å². The fourth-order valence-electron chi connectivity index (χ4n) is 3.66. The van der Waals surface area contributed by atoms with Crippen molar-refractivity contribution in [2.75, 3.05) is 5.73 Å². The molecule has 0 aliphatic heterocycles. The number of hydrogen-bond acceptors (Lipinski definition) is 6. The molecule has 0 bridgehead atoms. The van der Waals surface area contributed by atoms with Gasteiger partial charge in [-0.05, 0) is 47.2 Å². The number of pyridine rings is 1. The molecule has 5 aromatic rings. The lowest BCUT2D eigenvalue weighted by molar-refractivity contribution is 0.644. The molecule has 0 aliphatic carbocycles. The van der Waals surface area contributed by atoms with E-state index < -0.39 is 0 Å². The number of rotatable bonds is 3. The first-order valence-electron chi connectivity index (χ1n) is 9.22. The fourth-order valence-corrected chi connectivity index (χ4v) is 4.47. The number of nitrogens with two attached hydrogens (primary N) is 1. The quantitative estimate of drug-likeness (QED) is 0.372. The summed E-state index contributed by atoms with van der Waals surface area (Å²) in [6.45, 7) is 2.22. The van der Waals surface area contributed by atoms with Crippen LogP contribution in [0.25, 0.3) is 27.8 Å². The van der Waals surface area contributed by atoms with Gasteiger partial charge in [-0.15, -0.1) is 0 Å². The Kier molecular flexibility index (Phi) is 4.31. The first-order chi connectivity index (χ1) is 14.5. The number of halogens is 1. The zero-order valence-electron chi connectivity index (χ0n) is 16.2. The van der Waals surface area contributed by atoms with Crippen LogP contribution in [0.5, 0.6) is 0 Å². The molecule has 4 heterocycles. The zero-order chi connectivity index (χ0) is 21.0. The van der Waals surface area contributed by atoms with Crippen molar-refractivity contribution >= 4 is 50.3 Å². The van der Waals surface area contributed by atoms with E-state index in [2.05, 4.69) is 37.8 Å². The fraction of sp³-hybridized carbons (Fsp3) is 0.150. The molecule has 0 fully saturated rings. The summed E-state index contributed by atoms with van der Waals surface area (Å²) in [5.74, 6) is 0.542. The molecule has 10 heteroatoms. The number of anilines is 1. The van der Waals surface area contributed by atoms with E-state index >= 15 is 0 Å². The van der Waals surface area contributed by atoms with Gasteiger partial charge in [0.15, 0.2) is 11.2 Å². The predicted molar refractivity (Wildman–Crippen MR) is 123 cm³/mol. The van der Waals surface area contributed by atoms with Crippen LogP contribution in [-0.4, -0.2) is 34.1 Å². The third kappa shape index (κ3) is 2.78. The van der Waals surface area contributed by atoms with Crippen LogP contribution in [0, 0.1) is 10.6 Å². The average Bonchev–Trinajstić information content (AvgIpc) is 3.24. The lowest BCUT2D eigenvalue weighted by Gasteiger charge is -2.15. The number of fused-ring (bicyclic) bond motifs is 2. The number of aromatic nitrogens is 7. The van der Waals surface area contributed by atoms with Crippen LogP contribution >= 0.6 is 22.6 Å². The molecular weight excluding hydrogens is 495 g/mol. The third-order valence-corrected chi connectivity index (χ3v) is 5.86. The molecule has 0 saturated carbocycles. The topological polar surface area (TPSA) is 109 Å². The van der Waals surface area contributed by atoms with E-state index in [1.165, 1.54) is 0 Å². The second-order valence-corrected chi connectivity index (χ2v) is 8.03. The highest BCUT2D eigenvalue weighted by Crippen LogP contribution is 2.25. The van der Waals surface area contributed by atoms with E-state index in [1.54, 1.807) is 39.4 Å². The highest BCUT2D eigenvalue weighted by molar-refractivity contribution is 14.1. The average molecular weight is 512 g/mol. The molecule has 0 amide bonds. The molecule has 0 saturated heterocycles. The molecule has 9 nitrogen and oxygen atoms in total. The molecule has 5 rings (SSSR count). The lowest BCUT2D eigenvalue weighted by Crippen LogP contribution is -2.27. The van der Waals surface area contributed by atoms with Crippen molar-refractivity contribution in [3.8, 4) is 5.69 Å². The minimum atomic E-state index is -0.178. The van der Waals surface area contributed by atoms with Gasteiger partial charge in [0.25, 0.3) is 5.56 Å². The molecule has 0 unspecified atom stereocenters. The predicted octanol–water partition coefficient (Wildman–Crippen LogP) is 2.41. The lowest BCUT2D eigenvalue weighted by atomic mass is 10.2. The number of aryl methyl sites for hydroxylation is 2. The zero-order valence-corrected chi connectivity index (χ0v) is 18.4. The summed E-state index contributed by atoms with van der Waals surface area (Å²) in [6.07, 6.45) is 3.25. The molecule has 0 radical (unpaired) electrons. The van der Waals surface area contributed by atoms with E-state index in [0.717, 1.165) is 20.3 Å². The molecule has 0 spiro atoms. The number of benzene rings is 1. The maximum Gasteiger partial charge on any atom is 0.284 e. The molecule has 30 heavy (non-hydrogen) atoms. The van der Waals surface area contributed by atoms with Crippen molar-refractivity contribution in [2.45, 2.75) is 13.5 Å². The van der Waals surface area contributed by atoms with Crippen LogP contribution in [0.4, 0.5) is 5.69 Å². The Bertz CT molecular complexity index is 1500. The number of para-hydroxylation sites is 1.